The first-order valence-electron chi connectivity index (χ1n) is 7.00. The number of hydrogen-bond donors (Lipinski definition) is 2. The highest BCUT2D eigenvalue weighted by Gasteiger charge is 2.29. The molecule has 2 rings (SSSR count). The maximum atomic E-state index is 11.8. The summed E-state index contributed by atoms with van der Waals surface area (Å²) >= 11 is 0. The van der Waals surface area contributed by atoms with Crippen LogP contribution in [0.5, 0.6) is 0 Å². The van der Waals surface area contributed by atoms with Gasteiger partial charge in [-0.05, 0) is 0 Å². The van der Waals surface area contributed by atoms with E-state index in [1.807, 2.05) is 0 Å². The van der Waals surface area contributed by atoms with Gasteiger partial charge < -0.3 is 24.5 Å². The number of rotatable bonds is 4. The molecular formula is C14H23N3O4. The molecule has 2 heterocycles. The summed E-state index contributed by atoms with van der Waals surface area (Å²) in [6.45, 7) is 7.36. The average Bonchev–Trinajstić information content (AvgIpc) is 3.04. The number of nitrogens with zero attached hydrogens (tertiary/aromatic N) is 1. The van der Waals surface area contributed by atoms with Gasteiger partial charge in [0.1, 0.15) is 12.4 Å². The van der Waals surface area contributed by atoms with Crippen LogP contribution in [0.2, 0.25) is 0 Å². The summed E-state index contributed by atoms with van der Waals surface area (Å²) in [5.41, 5.74) is 0.792. The van der Waals surface area contributed by atoms with Crippen molar-refractivity contribution in [3.05, 3.63) is 17.8 Å². The predicted molar refractivity (Wildman–Crippen MR) is 76.0 cm³/mol. The quantitative estimate of drug-likeness (QED) is 0.872. The Morgan fingerprint density at radius 2 is 2.24 bits per heavy atom. The Labute approximate surface area is 124 Å². The molecule has 0 aromatic carbocycles. The van der Waals surface area contributed by atoms with E-state index in [4.69, 9.17) is 13.9 Å². The summed E-state index contributed by atoms with van der Waals surface area (Å²) in [6, 6.07) is -0.423. The molecule has 2 atom stereocenters. The van der Waals surface area contributed by atoms with E-state index in [2.05, 4.69) is 36.4 Å². The fraction of sp³-hybridized carbons (Fsp3) is 0.714. The van der Waals surface area contributed by atoms with Crippen LogP contribution in [0.3, 0.4) is 0 Å². The molecule has 1 aliphatic rings. The zero-order valence-corrected chi connectivity index (χ0v) is 12.9. The molecule has 1 aliphatic heterocycles. The summed E-state index contributed by atoms with van der Waals surface area (Å²) in [6.07, 6.45) is 1.52. The molecule has 0 aliphatic carbocycles. The molecule has 0 bridgehead atoms. The first-order chi connectivity index (χ1) is 9.90. The van der Waals surface area contributed by atoms with E-state index in [1.54, 1.807) is 13.4 Å². The van der Waals surface area contributed by atoms with Crippen LogP contribution in [0.25, 0.3) is 0 Å². The second kappa shape index (κ2) is 6.44. The SMILES string of the molecule is CO[C@H]1COC[C@H]1NC(=O)NCc1nc(C(C)(C)C)co1. The van der Waals surface area contributed by atoms with Gasteiger partial charge in [0.2, 0.25) is 5.89 Å². The predicted octanol–water partition coefficient (Wildman–Crippen LogP) is 1.19. The van der Waals surface area contributed by atoms with Crippen molar-refractivity contribution < 1.29 is 18.7 Å². The third-order valence-corrected chi connectivity index (χ3v) is 3.37. The number of methoxy groups -OCH3 is 1. The van der Waals surface area contributed by atoms with Crippen molar-refractivity contribution in [2.75, 3.05) is 20.3 Å². The van der Waals surface area contributed by atoms with Gasteiger partial charge in [-0.15, -0.1) is 0 Å². The minimum atomic E-state index is -0.289. The average molecular weight is 297 g/mol. The lowest BCUT2D eigenvalue weighted by Crippen LogP contribution is -2.47. The molecule has 1 aromatic rings. The van der Waals surface area contributed by atoms with Crippen LogP contribution in [0.15, 0.2) is 10.7 Å². The lowest BCUT2D eigenvalue weighted by atomic mass is 9.93. The number of urea groups is 1. The van der Waals surface area contributed by atoms with Crippen LogP contribution in [0, 0.1) is 0 Å². The largest absolute Gasteiger partial charge is 0.447 e. The van der Waals surface area contributed by atoms with Gasteiger partial charge in [-0.3, -0.25) is 0 Å². The normalized spacial score (nSPS) is 22.3. The molecule has 2 amide bonds. The van der Waals surface area contributed by atoms with Crippen LogP contribution in [0.1, 0.15) is 32.4 Å². The van der Waals surface area contributed by atoms with Gasteiger partial charge in [-0.25, -0.2) is 9.78 Å². The van der Waals surface area contributed by atoms with Crippen LogP contribution in [-0.2, 0) is 21.4 Å². The number of aromatic nitrogens is 1. The smallest absolute Gasteiger partial charge is 0.315 e. The highest BCUT2D eigenvalue weighted by atomic mass is 16.5. The van der Waals surface area contributed by atoms with Crippen LogP contribution >= 0.6 is 0 Å². The molecule has 0 saturated carbocycles. The second-order valence-corrected chi connectivity index (χ2v) is 6.12. The fourth-order valence-corrected chi connectivity index (χ4v) is 2.01. The number of carbonyl (C=O) groups excluding carboxylic acids is 1. The van der Waals surface area contributed by atoms with Gasteiger partial charge in [0.05, 0.1) is 31.5 Å². The number of nitrogens with one attached hydrogen (secondary N) is 2. The number of hydrogen-bond acceptors (Lipinski definition) is 5. The van der Waals surface area contributed by atoms with Crippen molar-refractivity contribution in [1.82, 2.24) is 15.6 Å². The summed E-state index contributed by atoms with van der Waals surface area (Å²) < 4.78 is 15.8. The van der Waals surface area contributed by atoms with E-state index in [0.29, 0.717) is 19.1 Å². The summed E-state index contributed by atoms with van der Waals surface area (Å²) in [7, 11) is 1.60. The Kier molecular flexibility index (Phi) is 4.84. The minimum absolute atomic E-state index is 0.0725. The topological polar surface area (TPSA) is 85.6 Å². The van der Waals surface area contributed by atoms with Crippen molar-refractivity contribution in [1.29, 1.82) is 0 Å². The summed E-state index contributed by atoms with van der Waals surface area (Å²) in [4.78, 5) is 16.2. The number of ether oxygens (including phenoxy) is 2. The maximum Gasteiger partial charge on any atom is 0.315 e. The molecule has 2 N–H and O–H groups in total. The van der Waals surface area contributed by atoms with E-state index in [-0.39, 0.29) is 30.1 Å². The molecule has 21 heavy (non-hydrogen) atoms. The highest BCUT2D eigenvalue weighted by Crippen LogP contribution is 2.20. The summed E-state index contributed by atoms with van der Waals surface area (Å²) in [5.74, 6) is 0.487. The van der Waals surface area contributed by atoms with Crippen LogP contribution < -0.4 is 10.6 Å². The van der Waals surface area contributed by atoms with Gasteiger partial charge >= 0.3 is 6.03 Å². The molecule has 0 unspecified atom stereocenters. The molecule has 7 nitrogen and oxygen atoms in total. The minimum Gasteiger partial charge on any atom is -0.447 e. The number of carbonyl (C=O) groups is 1. The van der Waals surface area contributed by atoms with Crippen LogP contribution in [-0.4, -0.2) is 43.5 Å². The molecule has 7 heteroatoms. The Bertz CT molecular complexity index is 481. The van der Waals surface area contributed by atoms with E-state index < -0.39 is 0 Å². The third-order valence-electron chi connectivity index (χ3n) is 3.37. The van der Waals surface area contributed by atoms with Gasteiger partial charge in [0.15, 0.2) is 0 Å². The standard InChI is InChI=1S/C14H23N3O4/c1-14(2,3)11-8-21-12(17-11)5-15-13(18)16-9-6-20-7-10(9)19-4/h8-10H,5-7H2,1-4H3,(H2,15,16,18)/t9-,10+/m1/s1. The number of amides is 2. The molecule has 1 fully saturated rings. The van der Waals surface area contributed by atoms with E-state index in [0.717, 1.165) is 5.69 Å². The van der Waals surface area contributed by atoms with Crippen molar-refractivity contribution in [3.8, 4) is 0 Å². The second-order valence-electron chi connectivity index (χ2n) is 6.12. The van der Waals surface area contributed by atoms with Gasteiger partial charge in [-0.1, -0.05) is 20.8 Å². The number of oxazole rings is 1. The molecule has 1 aromatic heterocycles. The third kappa shape index (κ3) is 4.18. The molecule has 0 spiro atoms. The zero-order valence-electron chi connectivity index (χ0n) is 12.9. The first kappa shape index (κ1) is 15.8. The van der Waals surface area contributed by atoms with Gasteiger partial charge in [0, 0.05) is 12.5 Å². The van der Waals surface area contributed by atoms with E-state index >= 15 is 0 Å². The van der Waals surface area contributed by atoms with Gasteiger partial charge in [0.25, 0.3) is 0 Å². The van der Waals surface area contributed by atoms with Gasteiger partial charge in [-0.2, -0.15) is 0 Å². The lowest BCUT2D eigenvalue weighted by molar-refractivity contribution is 0.0745. The Balaban J connectivity index is 1.80. The van der Waals surface area contributed by atoms with Crippen LogP contribution in [0.4, 0.5) is 4.79 Å². The van der Waals surface area contributed by atoms with E-state index in [9.17, 15) is 4.79 Å². The van der Waals surface area contributed by atoms with Crippen molar-refractivity contribution >= 4 is 6.03 Å². The van der Waals surface area contributed by atoms with E-state index in [1.165, 1.54) is 0 Å². The molecule has 1 saturated heterocycles. The van der Waals surface area contributed by atoms with Crippen molar-refractivity contribution in [2.45, 2.75) is 44.9 Å². The molecule has 0 radical (unpaired) electrons. The monoisotopic (exact) mass is 297 g/mol. The first-order valence-corrected chi connectivity index (χ1v) is 7.00. The summed E-state index contributed by atoms with van der Waals surface area (Å²) in [5, 5.41) is 5.54. The Morgan fingerprint density at radius 3 is 2.86 bits per heavy atom. The lowest BCUT2D eigenvalue weighted by Gasteiger charge is -2.17. The molecular weight excluding hydrogens is 274 g/mol. The highest BCUT2D eigenvalue weighted by molar-refractivity contribution is 5.74. The Morgan fingerprint density at radius 1 is 1.48 bits per heavy atom. The van der Waals surface area contributed by atoms with Crippen molar-refractivity contribution in [3.63, 3.8) is 0 Å². The Hall–Kier alpha value is -1.60. The molecule has 118 valence electrons. The zero-order chi connectivity index (χ0) is 15.5. The maximum absolute atomic E-state index is 11.8. The fourth-order valence-electron chi connectivity index (χ4n) is 2.01. The van der Waals surface area contributed by atoms with Crippen molar-refractivity contribution in [2.24, 2.45) is 0 Å².